The molecule has 1 aromatic carbocycles. The normalized spacial score (nSPS) is 12.2. The Morgan fingerprint density at radius 3 is 2.83 bits per heavy atom. The van der Waals surface area contributed by atoms with Crippen LogP contribution in [-0.4, -0.2) is 25.8 Å². The Balaban J connectivity index is 2.08. The van der Waals surface area contributed by atoms with Gasteiger partial charge in [0.25, 0.3) is 0 Å². The minimum Gasteiger partial charge on any atom is -0.481 e. The first-order chi connectivity index (χ1) is 11.0. The Morgan fingerprint density at radius 2 is 2.13 bits per heavy atom. The van der Waals surface area contributed by atoms with Gasteiger partial charge in [-0.3, -0.25) is 9.48 Å². The van der Waals surface area contributed by atoms with Crippen LogP contribution in [0.1, 0.15) is 37.0 Å². The van der Waals surface area contributed by atoms with Crippen LogP contribution >= 0.6 is 11.3 Å². The largest absolute Gasteiger partial charge is 0.481 e. The summed E-state index contributed by atoms with van der Waals surface area (Å²) in [6, 6.07) is 9.91. The molecular formula is C17H17N3O2S. The summed E-state index contributed by atoms with van der Waals surface area (Å²) in [6.45, 7) is 4.08. The summed E-state index contributed by atoms with van der Waals surface area (Å²) in [6.07, 6.45) is 3.53. The number of carbonyl (C=O) groups is 1. The van der Waals surface area contributed by atoms with E-state index in [0.29, 0.717) is 5.57 Å². The third kappa shape index (κ3) is 3.32. The second-order valence-corrected chi connectivity index (χ2v) is 6.55. The topological polar surface area (TPSA) is 68.0 Å². The first kappa shape index (κ1) is 15.4. The fourth-order valence-electron chi connectivity index (χ4n) is 2.41. The van der Waals surface area contributed by atoms with Gasteiger partial charge in [-0.15, -0.1) is 11.3 Å². The molecule has 0 bridgehead atoms. The van der Waals surface area contributed by atoms with Gasteiger partial charge in [-0.2, -0.15) is 5.10 Å². The van der Waals surface area contributed by atoms with Crippen molar-refractivity contribution in [2.45, 2.75) is 26.3 Å². The number of fused-ring (bicyclic) bond motifs is 1. The molecule has 0 spiro atoms. The van der Waals surface area contributed by atoms with Gasteiger partial charge >= 0.3 is 5.97 Å². The Bertz CT molecular complexity index is 844. The monoisotopic (exact) mass is 327 g/mol. The van der Waals surface area contributed by atoms with E-state index in [1.807, 2.05) is 54.9 Å². The molecular weight excluding hydrogens is 310 g/mol. The Hall–Kier alpha value is -2.47. The summed E-state index contributed by atoms with van der Waals surface area (Å²) in [5.41, 5.74) is 2.47. The van der Waals surface area contributed by atoms with E-state index in [0.717, 1.165) is 20.9 Å². The van der Waals surface area contributed by atoms with Crippen LogP contribution in [0.3, 0.4) is 0 Å². The number of rotatable bonds is 5. The maximum absolute atomic E-state index is 11.3. The number of para-hydroxylation sites is 1. The summed E-state index contributed by atoms with van der Waals surface area (Å²) in [5, 5.41) is 14.3. The van der Waals surface area contributed by atoms with Gasteiger partial charge in [-0.05, 0) is 38.1 Å². The summed E-state index contributed by atoms with van der Waals surface area (Å²) in [7, 11) is 0. The van der Waals surface area contributed by atoms with Crippen molar-refractivity contribution in [1.82, 2.24) is 14.8 Å². The lowest BCUT2D eigenvalue weighted by Gasteiger charge is -2.09. The van der Waals surface area contributed by atoms with Crippen LogP contribution in [0.25, 0.3) is 21.9 Å². The highest BCUT2D eigenvalue weighted by molar-refractivity contribution is 7.19. The third-order valence-electron chi connectivity index (χ3n) is 3.42. The second kappa shape index (κ2) is 6.34. The van der Waals surface area contributed by atoms with Crippen molar-refractivity contribution in [1.29, 1.82) is 0 Å². The van der Waals surface area contributed by atoms with Crippen LogP contribution in [-0.2, 0) is 4.79 Å². The first-order valence-electron chi connectivity index (χ1n) is 7.36. The number of hydrogen-bond donors (Lipinski definition) is 1. The predicted octanol–water partition coefficient (Wildman–Crippen LogP) is 4.09. The number of aliphatic carboxylic acids is 1. The molecule has 0 saturated carbocycles. The SMILES string of the molecule is CC(C)n1nccc1/C=C(\CC(=O)O)c1nc2ccccc2s1. The molecule has 2 heterocycles. The zero-order valence-corrected chi connectivity index (χ0v) is 13.7. The van der Waals surface area contributed by atoms with E-state index < -0.39 is 5.97 Å². The van der Waals surface area contributed by atoms with Gasteiger partial charge in [-0.1, -0.05) is 12.1 Å². The van der Waals surface area contributed by atoms with Crippen LogP contribution in [0.2, 0.25) is 0 Å². The number of carboxylic acid groups (broad SMARTS) is 1. The molecule has 0 unspecified atom stereocenters. The molecule has 6 heteroatoms. The van der Waals surface area contributed by atoms with E-state index in [1.54, 1.807) is 6.20 Å². The standard InChI is InChI=1S/C17H17N3O2S/c1-11(2)20-13(7-8-18-20)9-12(10-16(21)22)17-19-14-5-3-4-6-15(14)23-17/h3-9,11H,10H2,1-2H3,(H,21,22)/b12-9+. The molecule has 0 fully saturated rings. The molecule has 0 saturated heterocycles. The number of aromatic nitrogens is 3. The fourth-order valence-corrected chi connectivity index (χ4v) is 3.39. The summed E-state index contributed by atoms with van der Waals surface area (Å²) in [4.78, 5) is 15.8. The number of hydrogen-bond acceptors (Lipinski definition) is 4. The van der Waals surface area contributed by atoms with E-state index in [4.69, 9.17) is 0 Å². The first-order valence-corrected chi connectivity index (χ1v) is 8.18. The third-order valence-corrected chi connectivity index (χ3v) is 4.53. The van der Waals surface area contributed by atoms with Gasteiger partial charge in [0.1, 0.15) is 5.01 Å². The van der Waals surface area contributed by atoms with E-state index in [1.165, 1.54) is 11.3 Å². The zero-order chi connectivity index (χ0) is 16.4. The lowest BCUT2D eigenvalue weighted by atomic mass is 10.1. The lowest BCUT2D eigenvalue weighted by Crippen LogP contribution is -2.05. The van der Waals surface area contributed by atoms with Crippen molar-refractivity contribution in [2.24, 2.45) is 0 Å². The molecule has 5 nitrogen and oxygen atoms in total. The van der Waals surface area contributed by atoms with Crippen molar-refractivity contribution in [2.75, 3.05) is 0 Å². The highest BCUT2D eigenvalue weighted by Crippen LogP contribution is 2.30. The van der Waals surface area contributed by atoms with E-state index in [-0.39, 0.29) is 12.5 Å². The Kier molecular flexibility index (Phi) is 4.25. The van der Waals surface area contributed by atoms with Crippen LogP contribution in [0.15, 0.2) is 36.5 Å². The Morgan fingerprint density at radius 1 is 1.35 bits per heavy atom. The minimum atomic E-state index is -0.869. The maximum Gasteiger partial charge on any atom is 0.307 e. The van der Waals surface area contributed by atoms with Crippen molar-refractivity contribution < 1.29 is 9.90 Å². The molecule has 0 aliphatic rings. The Labute approximate surface area is 137 Å². The molecule has 0 radical (unpaired) electrons. The maximum atomic E-state index is 11.3. The van der Waals surface area contributed by atoms with E-state index in [9.17, 15) is 9.90 Å². The van der Waals surface area contributed by atoms with Crippen LogP contribution < -0.4 is 0 Å². The van der Waals surface area contributed by atoms with Crippen molar-refractivity contribution in [3.8, 4) is 0 Å². The lowest BCUT2D eigenvalue weighted by molar-refractivity contribution is -0.135. The molecule has 0 aliphatic heterocycles. The molecule has 2 aromatic heterocycles. The predicted molar refractivity (Wildman–Crippen MR) is 92.4 cm³/mol. The summed E-state index contributed by atoms with van der Waals surface area (Å²) in [5.74, 6) is -0.869. The van der Waals surface area contributed by atoms with Gasteiger partial charge in [-0.25, -0.2) is 4.98 Å². The molecule has 118 valence electrons. The van der Waals surface area contributed by atoms with E-state index in [2.05, 4.69) is 10.1 Å². The molecule has 3 aromatic rings. The second-order valence-electron chi connectivity index (χ2n) is 5.52. The number of carboxylic acids is 1. The van der Waals surface area contributed by atoms with E-state index >= 15 is 0 Å². The van der Waals surface area contributed by atoms with Crippen LogP contribution in [0.5, 0.6) is 0 Å². The zero-order valence-electron chi connectivity index (χ0n) is 12.9. The van der Waals surface area contributed by atoms with Gasteiger partial charge in [0.05, 0.1) is 22.3 Å². The van der Waals surface area contributed by atoms with Crippen molar-refractivity contribution in [3.05, 3.63) is 47.2 Å². The highest BCUT2D eigenvalue weighted by atomic mass is 32.1. The number of benzene rings is 1. The highest BCUT2D eigenvalue weighted by Gasteiger charge is 2.14. The average Bonchev–Trinajstić information content (AvgIpc) is 3.12. The van der Waals surface area contributed by atoms with Crippen molar-refractivity contribution in [3.63, 3.8) is 0 Å². The minimum absolute atomic E-state index is 0.0664. The molecule has 23 heavy (non-hydrogen) atoms. The molecule has 1 N–H and O–H groups in total. The smallest absolute Gasteiger partial charge is 0.307 e. The quantitative estimate of drug-likeness (QED) is 0.766. The van der Waals surface area contributed by atoms with Gasteiger partial charge < -0.3 is 5.11 Å². The van der Waals surface area contributed by atoms with Crippen LogP contribution in [0, 0.1) is 0 Å². The summed E-state index contributed by atoms with van der Waals surface area (Å²) < 4.78 is 2.92. The molecule has 0 amide bonds. The number of thiazole rings is 1. The average molecular weight is 327 g/mol. The number of nitrogens with zero attached hydrogens (tertiary/aromatic N) is 3. The van der Waals surface area contributed by atoms with Gasteiger partial charge in [0.2, 0.25) is 0 Å². The fraction of sp³-hybridized carbons (Fsp3) is 0.235. The van der Waals surface area contributed by atoms with Gasteiger partial charge in [0, 0.05) is 17.8 Å². The van der Waals surface area contributed by atoms with Crippen LogP contribution in [0.4, 0.5) is 0 Å². The summed E-state index contributed by atoms with van der Waals surface area (Å²) >= 11 is 1.51. The molecule has 0 aliphatic carbocycles. The van der Waals surface area contributed by atoms with Gasteiger partial charge in [0.15, 0.2) is 0 Å². The molecule has 3 rings (SSSR count). The van der Waals surface area contributed by atoms with Crippen molar-refractivity contribution >= 4 is 39.2 Å². The molecule has 0 atom stereocenters.